The lowest BCUT2D eigenvalue weighted by atomic mass is 9.90. The second-order valence-electron chi connectivity index (χ2n) is 10.8. The van der Waals surface area contributed by atoms with Crippen LogP contribution < -0.4 is 14.4 Å². The van der Waals surface area contributed by atoms with Crippen LogP contribution in [0.2, 0.25) is 0 Å². The lowest BCUT2D eigenvalue weighted by molar-refractivity contribution is -0.143. The normalized spacial score (nSPS) is 16.8. The Bertz CT molecular complexity index is 1300. The molecule has 1 heterocycles. The fraction of sp³-hybridized carbons (Fsp3) is 0.533. The number of amides is 2. The fourth-order valence-corrected chi connectivity index (χ4v) is 5.00. The first-order valence-electron chi connectivity index (χ1n) is 13.9. The van der Waals surface area contributed by atoms with E-state index in [2.05, 4.69) is 0 Å². The molecule has 14 heteroatoms. The molecule has 0 aliphatic carbocycles. The summed E-state index contributed by atoms with van der Waals surface area (Å²) in [5.74, 6) is 0.881. The van der Waals surface area contributed by atoms with E-state index in [4.69, 9.17) is 18.9 Å². The Hall–Kier alpha value is -3.84. The lowest BCUT2D eigenvalue weighted by Gasteiger charge is -2.42. The van der Waals surface area contributed by atoms with Crippen molar-refractivity contribution in [2.24, 2.45) is 5.92 Å². The van der Waals surface area contributed by atoms with Gasteiger partial charge >= 0.3 is 24.5 Å². The van der Waals surface area contributed by atoms with Crippen LogP contribution in [0.25, 0.3) is 0 Å². The Kier molecular flexibility index (Phi) is 10.9. The van der Waals surface area contributed by atoms with Crippen LogP contribution in [0.5, 0.6) is 11.5 Å². The van der Waals surface area contributed by atoms with Gasteiger partial charge in [-0.05, 0) is 62.4 Å². The van der Waals surface area contributed by atoms with E-state index in [0.29, 0.717) is 42.4 Å². The van der Waals surface area contributed by atoms with Gasteiger partial charge in [-0.15, -0.1) is 0 Å². The van der Waals surface area contributed by atoms with E-state index in [1.807, 2.05) is 13.8 Å². The molecule has 2 aromatic rings. The van der Waals surface area contributed by atoms with Crippen LogP contribution in [0.1, 0.15) is 68.8 Å². The quantitative estimate of drug-likeness (QED) is 0.259. The van der Waals surface area contributed by atoms with E-state index in [-0.39, 0.29) is 30.5 Å². The monoisotopic (exact) mass is 634 g/mol. The van der Waals surface area contributed by atoms with Gasteiger partial charge in [0.05, 0.1) is 50.3 Å². The Morgan fingerprint density at radius 2 is 1.59 bits per heavy atom. The highest BCUT2D eigenvalue weighted by atomic mass is 19.4. The lowest BCUT2D eigenvalue weighted by Crippen LogP contribution is -2.47. The average molecular weight is 635 g/mol. The smallest absolute Gasteiger partial charge is 0.416 e. The van der Waals surface area contributed by atoms with Gasteiger partial charge in [0.25, 0.3) is 0 Å². The Labute approximate surface area is 251 Å². The third-order valence-corrected chi connectivity index (χ3v) is 7.14. The zero-order valence-corrected chi connectivity index (χ0v) is 25.3. The predicted molar refractivity (Wildman–Crippen MR) is 149 cm³/mol. The van der Waals surface area contributed by atoms with Crippen molar-refractivity contribution < 1.29 is 54.9 Å². The number of hydrogen-bond acceptors (Lipinski definition) is 6. The summed E-state index contributed by atoms with van der Waals surface area (Å²) >= 11 is 0. The van der Waals surface area contributed by atoms with Gasteiger partial charge in [-0.1, -0.05) is 13.8 Å². The highest BCUT2D eigenvalue weighted by Gasteiger charge is 2.42. The van der Waals surface area contributed by atoms with Crippen molar-refractivity contribution in [3.05, 3.63) is 52.6 Å². The number of carbonyl (C=O) groups excluding carboxylic acids is 2. The molecule has 0 unspecified atom stereocenters. The summed E-state index contributed by atoms with van der Waals surface area (Å²) in [7, 11) is 2.44. The number of carbonyl (C=O) groups is 2. The number of ether oxygens (including phenoxy) is 4. The number of fused-ring (bicyclic) bond motifs is 1. The number of anilines is 1. The Morgan fingerprint density at radius 1 is 0.977 bits per heavy atom. The molecular weight excluding hydrogens is 598 g/mol. The van der Waals surface area contributed by atoms with Gasteiger partial charge in [0.15, 0.2) is 11.5 Å². The average Bonchev–Trinajstić information content (AvgIpc) is 2.93. The molecule has 1 aliphatic rings. The predicted octanol–water partition coefficient (Wildman–Crippen LogP) is 8.22. The molecular formula is C30H36F6N2O6. The molecule has 2 atom stereocenters. The Morgan fingerprint density at radius 3 is 2.09 bits per heavy atom. The molecule has 0 bridgehead atoms. The van der Waals surface area contributed by atoms with E-state index in [0.717, 1.165) is 12.0 Å². The van der Waals surface area contributed by atoms with Crippen LogP contribution in [0.3, 0.4) is 0 Å². The van der Waals surface area contributed by atoms with Gasteiger partial charge in [0.1, 0.15) is 0 Å². The third-order valence-electron chi connectivity index (χ3n) is 7.14. The first-order valence-corrected chi connectivity index (χ1v) is 13.9. The van der Waals surface area contributed by atoms with Crippen molar-refractivity contribution in [2.75, 3.05) is 32.3 Å². The molecule has 0 N–H and O–H groups in total. The molecule has 0 aromatic heterocycles. The number of benzene rings is 2. The van der Waals surface area contributed by atoms with E-state index < -0.39 is 59.9 Å². The Balaban J connectivity index is 2.19. The van der Waals surface area contributed by atoms with Crippen LogP contribution in [-0.2, 0) is 28.4 Å². The molecule has 1 aliphatic heterocycles. The van der Waals surface area contributed by atoms with E-state index >= 15 is 0 Å². The number of alkyl halides is 6. The maximum atomic E-state index is 13.6. The van der Waals surface area contributed by atoms with E-state index in [1.54, 1.807) is 19.9 Å². The molecule has 0 fully saturated rings. The van der Waals surface area contributed by atoms with Gasteiger partial charge in [-0.25, -0.2) is 9.59 Å². The second-order valence-corrected chi connectivity index (χ2v) is 10.8. The molecule has 8 nitrogen and oxygen atoms in total. The van der Waals surface area contributed by atoms with Crippen LogP contribution >= 0.6 is 0 Å². The minimum Gasteiger partial charge on any atom is -0.493 e. The van der Waals surface area contributed by atoms with Gasteiger partial charge in [0.2, 0.25) is 0 Å². The maximum Gasteiger partial charge on any atom is 0.416 e. The van der Waals surface area contributed by atoms with Crippen LogP contribution in [0, 0.1) is 5.92 Å². The molecule has 244 valence electrons. The van der Waals surface area contributed by atoms with Crippen LogP contribution in [0.4, 0.5) is 41.6 Å². The SMILES string of the molecule is CCOC(=O)N1c2cc(OCCC(C)C)c(OC)cc2[C@H](N(Cc2cc(C(F)(F)F)cc(C(F)(F)F)c2)C(=O)OC)C[C@@H]1C. The summed E-state index contributed by atoms with van der Waals surface area (Å²) in [5, 5.41) is 0. The van der Waals surface area contributed by atoms with Gasteiger partial charge in [0, 0.05) is 24.2 Å². The molecule has 0 saturated heterocycles. The largest absolute Gasteiger partial charge is 0.493 e. The van der Waals surface area contributed by atoms with Gasteiger partial charge in [-0.3, -0.25) is 9.80 Å². The third kappa shape index (κ3) is 8.00. The van der Waals surface area contributed by atoms with Crippen LogP contribution in [0.15, 0.2) is 30.3 Å². The molecule has 0 spiro atoms. The molecule has 0 radical (unpaired) electrons. The van der Waals surface area contributed by atoms with E-state index in [1.165, 1.54) is 18.1 Å². The summed E-state index contributed by atoms with van der Waals surface area (Å²) in [6.07, 6.45) is -11.1. The molecule has 2 amide bonds. The number of rotatable bonds is 9. The zero-order valence-electron chi connectivity index (χ0n) is 25.3. The molecule has 2 aromatic carbocycles. The van der Waals surface area contributed by atoms with Crippen molar-refractivity contribution in [1.29, 1.82) is 0 Å². The minimum atomic E-state index is -5.07. The summed E-state index contributed by atoms with van der Waals surface area (Å²) in [6.45, 7) is 7.09. The highest BCUT2D eigenvalue weighted by molar-refractivity contribution is 5.91. The van der Waals surface area contributed by atoms with Crippen molar-refractivity contribution in [2.45, 2.75) is 71.5 Å². The number of halogens is 6. The van der Waals surface area contributed by atoms with Gasteiger partial charge < -0.3 is 18.9 Å². The first-order chi connectivity index (χ1) is 20.5. The standard InChI is InChI=1S/C30H36F6N2O6/c1-7-43-28(40)38-18(4)10-23(22-14-25(41-5)26(15-24(22)38)44-9-8-17(2)3)37(27(39)42-6)16-19-11-20(29(31,32)33)13-21(12-19)30(34,35)36/h11-15,17-18,23H,7-10,16H2,1-6H3/t18-,23+/m0/s1. The van der Waals surface area contributed by atoms with Crippen molar-refractivity contribution in [1.82, 2.24) is 4.90 Å². The first kappa shape index (κ1) is 34.6. The summed E-state index contributed by atoms with van der Waals surface area (Å²) in [4.78, 5) is 28.6. The van der Waals surface area contributed by atoms with Crippen LogP contribution in [-0.4, -0.2) is 50.6 Å². The fourth-order valence-electron chi connectivity index (χ4n) is 5.00. The summed E-state index contributed by atoms with van der Waals surface area (Å²) in [6, 6.07) is 2.66. The second kappa shape index (κ2) is 13.9. The molecule has 3 rings (SSSR count). The molecule has 0 saturated carbocycles. The molecule has 44 heavy (non-hydrogen) atoms. The highest BCUT2D eigenvalue weighted by Crippen LogP contribution is 2.47. The van der Waals surface area contributed by atoms with Crippen molar-refractivity contribution >= 4 is 17.9 Å². The van der Waals surface area contributed by atoms with Crippen molar-refractivity contribution in [3.8, 4) is 11.5 Å². The summed E-state index contributed by atoms with van der Waals surface area (Å²) in [5.41, 5.74) is -2.83. The minimum absolute atomic E-state index is 0.0207. The van der Waals surface area contributed by atoms with Crippen molar-refractivity contribution in [3.63, 3.8) is 0 Å². The van der Waals surface area contributed by atoms with Gasteiger partial charge in [-0.2, -0.15) is 26.3 Å². The summed E-state index contributed by atoms with van der Waals surface area (Å²) < 4.78 is 103. The number of methoxy groups -OCH3 is 2. The maximum absolute atomic E-state index is 13.6. The number of hydrogen-bond donors (Lipinski definition) is 0. The zero-order chi connectivity index (χ0) is 33.0. The van der Waals surface area contributed by atoms with E-state index in [9.17, 15) is 35.9 Å². The number of nitrogens with zero attached hydrogens (tertiary/aromatic N) is 2. The topological polar surface area (TPSA) is 77.5 Å².